The van der Waals surface area contributed by atoms with Crippen molar-refractivity contribution in [3.63, 3.8) is 0 Å². The predicted molar refractivity (Wildman–Crippen MR) is 73.8 cm³/mol. The molecular weight excluding hydrogens is 250 g/mol. The number of rotatable bonds is 4. The van der Waals surface area contributed by atoms with Gasteiger partial charge in [0.1, 0.15) is 5.54 Å². The molecule has 1 unspecified atom stereocenters. The molecule has 1 atom stereocenters. The molecule has 4 nitrogen and oxygen atoms in total. The Kier molecular flexibility index (Phi) is 4.70. The highest BCUT2D eigenvalue weighted by molar-refractivity contribution is 7.99. The van der Waals surface area contributed by atoms with E-state index in [4.69, 9.17) is 0 Å². The lowest BCUT2D eigenvalue weighted by molar-refractivity contribution is -0.159. The van der Waals surface area contributed by atoms with E-state index >= 15 is 0 Å². The summed E-state index contributed by atoms with van der Waals surface area (Å²) in [4.78, 5) is 25.1. The molecule has 1 N–H and O–H groups in total. The van der Waals surface area contributed by atoms with Gasteiger partial charge in [-0.25, -0.2) is 4.79 Å². The topological polar surface area (TPSA) is 57.6 Å². The minimum atomic E-state index is -1.03. The van der Waals surface area contributed by atoms with Crippen LogP contribution in [0.5, 0.6) is 0 Å². The molecule has 0 radical (unpaired) electrons. The molecule has 0 aliphatic carbocycles. The number of thioether (sulfide) groups is 1. The van der Waals surface area contributed by atoms with E-state index in [1.165, 1.54) is 6.92 Å². The molecule has 1 fully saturated rings. The summed E-state index contributed by atoms with van der Waals surface area (Å²) in [7, 11) is 0. The van der Waals surface area contributed by atoms with Crippen molar-refractivity contribution in [2.75, 3.05) is 18.1 Å². The summed E-state index contributed by atoms with van der Waals surface area (Å²) in [5.41, 5.74) is -1.09. The van der Waals surface area contributed by atoms with E-state index in [0.717, 1.165) is 12.2 Å². The van der Waals surface area contributed by atoms with Gasteiger partial charge in [0.05, 0.1) is 0 Å². The van der Waals surface area contributed by atoms with Crippen LogP contribution in [0, 0.1) is 5.41 Å². The Labute approximate surface area is 113 Å². The molecule has 0 aromatic rings. The standard InChI is InChI=1S/C13H23NO3S/c1-5-6-14(10(2)15)13(11(16)17)7-12(3,4)8-18-9-13/h5-9H2,1-4H3,(H,16,17). The monoisotopic (exact) mass is 273 g/mol. The van der Waals surface area contributed by atoms with E-state index in [9.17, 15) is 14.7 Å². The van der Waals surface area contributed by atoms with E-state index in [1.807, 2.05) is 6.92 Å². The first-order valence-corrected chi connectivity index (χ1v) is 7.50. The lowest BCUT2D eigenvalue weighted by atomic mass is 9.78. The molecule has 1 amide bonds. The number of hydrogen-bond donors (Lipinski definition) is 1. The molecule has 1 heterocycles. The average molecular weight is 273 g/mol. The van der Waals surface area contributed by atoms with Crippen molar-refractivity contribution in [1.29, 1.82) is 0 Å². The minimum absolute atomic E-state index is 0.0528. The van der Waals surface area contributed by atoms with E-state index in [-0.39, 0.29) is 11.3 Å². The number of aliphatic carboxylic acids is 1. The van der Waals surface area contributed by atoms with Crippen molar-refractivity contribution in [2.45, 2.75) is 46.1 Å². The third kappa shape index (κ3) is 2.99. The first-order valence-electron chi connectivity index (χ1n) is 6.34. The van der Waals surface area contributed by atoms with E-state index < -0.39 is 11.5 Å². The summed E-state index contributed by atoms with van der Waals surface area (Å²) in [6.07, 6.45) is 1.31. The van der Waals surface area contributed by atoms with Crippen molar-refractivity contribution in [2.24, 2.45) is 5.41 Å². The number of amides is 1. The van der Waals surface area contributed by atoms with Gasteiger partial charge in [0, 0.05) is 19.2 Å². The second-order valence-electron chi connectivity index (χ2n) is 5.84. The highest BCUT2D eigenvalue weighted by Crippen LogP contribution is 2.42. The minimum Gasteiger partial charge on any atom is -0.479 e. The lowest BCUT2D eigenvalue weighted by Crippen LogP contribution is -2.62. The fourth-order valence-corrected chi connectivity index (χ4v) is 4.19. The van der Waals surface area contributed by atoms with Crippen LogP contribution in [0.1, 0.15) is 40.5 Å². The Hall–Kier alpha value is -0.710. The van der Waals surface area contributed by atoms with Gasteiger partial charge in [-0.2, -0.15) is 11.8 Å². The molecule has 1 saturated heterocycles. The number of hydrogen-bond acceptors (Lipinski definition) is 3. The Morgan fingerprint density at radius 3 is 2.33 bits per heavy atom. The van der Waals surface area contributed by atoms with Gasteiger partial charge in [-0.05, 0) is 24.0 Å². The molecule has 18 heavy (non-hydrogen) atoms. The third-order valence-corrected chi connectivity index (χ3v) is 5.01. The Morgan fingerprint density at radius 2 is 1.94 bits per heavy atom. The average Bonchev–Trinajstić information content (AvgIpc) is 2.23. The van der Waals surface area contributed by atoms with Gasteiger partial charge in [0.15, 0.2) is 0 Å². The first kappa shape index (κ1) is 15.3. The van der Waals surface area contributed by atoms with Gasteiger partial charge in [-0.15, -0.1) is 0 Å². The van der Waals surface area contributed by atoms with Gasteiger partial charge in [0.2, 0.25) is 5.91 Å². The molecular formula is C13H23NO3S. The number of carbonyl (C=O) groups is 2. The van der Waals surface area contributed by atoms with Crippen LogP contribution in [0.2, 0.25) is 0 Å². The van der Waals surface area contributed by atoms with Crippen LogP contribution in [-0.2, 0) is 9.59 Å². The predicted octanol–water partition coefficient (Wildman–Crippen LogP) is 2.23. The zero-order valence-electron chi connectivity index (χ0n) is 11.7. The van der Waals surface area contributed by atoms with Crippen molar-refractivity contribution >= 4 is 23.6 Å². The number of carboxylic acid groups (broad SMARTS) is 1. The van der Waals surface area contributed by atoms with E-state index in [1.54, 1.807) is 16.7 Å². The normalized spacial score (nSPS) is 26.7. The van der Waals surface area contributed by atoms with Crippen molar-refractivity contribution in [3.05, 3.63) is 0 Å². The summed E-state index contributed by atoms with van der Waals surface area (Å²) >= 11 is 1.63. The summed E-state index contributed by atoms with van der Waals surface area (Å²) in [5, 5.41) is 9.66. The molecule has 1 aliphatic heterocycles. The summed E-state index contributed by atoms with van der Waals surface area (Å²) in [6, 6.07) is 0. The van der Waals surface area contributed by atoms with E-state index in [0.29, 0.717) is 18.7 Å². The Balaban J connectivity index is 3.12. The lowest BCUT2D eigenvalue weighted by Gasteiger charge is -2.47. The fraction of sp³-hybridized carbons (Fsp3) is 0.846. The van der Waals surface area contributed by atoms with Crippen LogP contribution < -0.4 is 0 Å². The second-order valence-corrected chi connectivity index (χ2v) is 6.83. The molecule has 1 rings (SSSR count). The maximum Gasteiger partial charge on any atom is 0.330 e. The van der Waals surface area contributed by atoms with Crippen LogP contribution in [0.3, 0.4) is 0 Å². The largest absolute Gasteiger partial charge is 0.479 e. The maximum atomic E-state index is 11.8. The molecule has 1 aliphatic rings. The number of carbonyl (C=O) groups excluding carboxylic acids is 1. The summed E-state index contributed by atoms with van der Waals surface area (Å²) < 4.78 is 0. The maximum absolute atomic E-state index is 11.8. The molecule has 0 bridgehead atoms. The van der Waals surface area contributed by atoms with Gasteiger partial charge in [-0.1, -0.05) is 20.8 Å². The SMILES string of the molecule is CCCN(C(C)=O)C1(C(=O)O)CSCC(C)(C)C1. The van der Waals surface area contributed by atoms with Gasteiger partial charge >= 0.3 is 5.97 Å². The summed E-state index contributed by atoms with van der Waals surface area (Å²) in [5.74, 6) is 0.426. The van der Waals surface area contributed by atoms with Crippen molar-refractivity contribution in [3.8, 4) is 0 Å². The van der Waals surface area contributed by atoms with Crippen LogP contribution in [-0.4, -0.2) is 45.5 Å². The number of carboxylic acids is 1. The van der Waals surface area contributed by atoms with Gasteiger partial charge in [0.25, 0.3) is 0 Å². The molecule has 5 heteroatoms. The molecule has 0 spiro atoms. The fourth-order valence-electron chi connectivity index (χ4n) is 2.71. The van der Waals surface area contributed by atoms with Gasteiger partial charge in [-0.3, -0.25) is 4.79 Å². The first-order chi connectivity index (χ1) is 8.25. The van der Waals surface area contributed by atoms with Crippen molar-refractivity contribution < 1.29 is 14.7 Å². The zero-order valence-corrected chi connectivity index (χ0v) is 12.5. The molecule has 0 saturated carbocycles. The summed E-state index contributed by atoms with van der Waals surface area (Å²) in [6.45, 7) is 8.08. The van der Waals surface area contributed by atoms with Crippen LogP contribution in [0.4, 0.5) is 0 Å². The quantitative estimate of drug-likeness (QED) is 0.853. The van der Waals surface area contributed by atoms with Gasteiger partial charge < -0.3 is 10.0 Å². The van der Waals surface area contributed by atoms with Crippen molar-refractivity contribution in [1.82, 2.24) is 4.90 Å². The van der Waals surface area contributed by atoms with E-state index in [2.05, 4.69) is 13.8 Å². The van der Waals surface area contributed by atoms with Crippen LogP contribution in [0.15, 0.2) is 0 Å². The third-order valence-electron chi connectivity index (χ3n) is 3.35. The molecule has 0 aromatic heterocycles. The van der Waals surface area contributed by atoms with Crippen LogP contribution in [0.25, 0.3) is 0 Å². The zero-order chi connectivity index (χ0) is 14.0. The second kappa shape index (κ2) is 5.51. The Bertz CT molecular complexity index is 343. The molecule has 104 valence electrons. The molecule has 0 aromatic carbocycles. The number of nitrogens with zero attached hydrogens (tertiary/aromatic N) is 1. The highest BCUT2D eigenvalue weighted by atomic mass is 32.2. The van der Waals surface area contributed by atoms with Crippen LogP contribution >= 0.6 is 11.8 Å². The Morgan fingerprint density at radius 1 is 1.33 bits per heavy atom. The smallest absolute Gasteiger partial charge is 0.330 e. The highest BCUT2D eigenvalue weighted by Gasteiger charge is 2.51.